The molecule has 0 spiro atoms. The first-order valence-electron chi connectivity index (χ1n) is 6.34. The van der Waals surface area contributed by atoms with E-state index < -0.39 is 10.0 Å². The van der Waals surface area contributed by atoms with E-state index in [1.807, 2.05) is 0 Å². The topological polar surface area (TPSA) is 63.4 Å². The highest BCUT2D eigenvalue weighted by molar-refractivity contribution is 7.89. The molecule has 4 nitrogen and oxygen atoms in total. The molecule has 2 aromatic rings. The zero-order chi connectivity index (χ0) is 15.6. The molecule has 1 aromatic heterocycles. The highest BCUT2D eigenvalue weighted by Crippen LogP contribution is 2.28. The predicted molar refractivity (Wildman–Crippen MR) is 82.0 cm³/mol. The lowest BCUT2D eigenvalue weighted by atomic mass is 10.2. The number of halogens is 1. The van der Waals surface area contributed by atoms with Crippen LogP contribution in [0.1, 0.15) is 15.3 Å². The average Bonchev–Trinajstić information content (AvgIpc) is 2.80. The number of rotatable bonds is 5. The Labute approximate surface area is 128 Å². The van der Waals surface area contributed by atoms with E-state index in [0.717, 1.165) is 4.88 Å². The minimum absolute atomic E-state index is 0.118. The highest BCUT2D eigenvalue weighted by Gasteiger charge is 2.24. The van der Waals surface area contributed by atoms with Gasteiger partial charge < -0.3 is 5.73 Å². The lowest BCUT2D eigenvalue weighted by Crippen LogP contribution is -2.26. The number of thiophene rings is 1. The van der Waals surface area contributed by atoms with Crippen LogP contribution in [-0.2, 0) is 23.1 Å². The standard InChI is InChI=1S/C14H17FN2O2S2/c1-10-14(7-13(8-16)20-10)21(18,19)17(2)9-11-4-3-5-12(15)6-11/h3-7H,8-9,16H2,1-2H3. The molecule has 1 heterocycles. The molecule has 7 heteroatoms. The number of sulfonamides is 1. The van der Waals surface area contributed by atoms with Crippen molar-refractivity contribution < 1.29 is 12.8 Å². The molecule has 0 aliphatic carbocycles. The molecule has 0 bridgehead atoms. The Morgan fingerprint density at radius 3 is 2.62 bits per heavy atom. The van der Waals surface area contributed by atoms with Gasteiger partial charge in [-0.05, 0) is 30.7 Å². The number of benzene rings is 1. The van der Waals surface area contributed by atoms with Crippen LogP contribution in [0.3, 0.4) is 0 Å². The molecule has 0 aliphatic heterocycles. The van der Waals surface area contributed by atoms with E-state index in [-0.39, 0.29) is 17.3 Å². The molecule has 0 unspecified atom stereocenters. The SMILES string of the molecule is Cc1sc(CN)cc1S(=O)(=O)N(C)Cc1cccc(F)c1. The van der Waals surface area contributed by atoms with Crippen molar-refractivity contribution in [2.45, 2.75) is 24.9 Å². The Morgan fingerprint density at radius 1 is 1.33 bits per heavy atom. The summed E-state index contributed by atoms with van der Waals surface area (Å²) >= 11 is 1.38. The molecule has 0 fully saturated rings. The van der Waals surface area contributed by atoms with Crippen LogP contribution in [0.2, 0.25) is 0 Å². The largest absolute Gasteiger partial charge is 0.326 e. The number of hydrogen-bond donors (Lipinski definition) is 1. The quantitative estimate of drug-likeness (QED) is 0.917. The first-order chi connectivity index (χ1) is 9.84. The Balaban J connectivity index is 2.28. The Kier molecular flexibility index (Phi) is 4.77. The van der Waals surface area contributed by atoms with Gasteiger partial charge in [-0.3, -0.25) is 0 Å². The zero-order valence-corrected chi connectivity index (χ0v) is 13.5. The molecule has 0 radical (unpaired) electrons. The fourth-order valence-corrected chi connectivity index (χ4v) is 4.66. The summed E-state index contributed by atoms with van der Waals surface area (Å²) in [5.74, 6) is -0.379. The molecule has 114 valence electrons. The third-order valence-electron chi connectivity index (χ3n) is 3.11. The highest BCUT2D eigenvalue weighted by atomic mass is 32.2. The molecule has 21 heavy (non-hydrogen) atoms. The maximum absolute atomic E-state index is 13.2. The number of nitrogens with two attached hydrogens (primary N) is 1. The van der Waals surface area contributed by atoms with Gasteiger partial charge in [0.15, 0.2) is 0 Å². The van der Waals surface area contributed by atoms with Crippen molar-refractivity contribution in [2.24, 2.45) is 5.73 Å². The summed E-state index contributed by atoms with van der Waals surface area (Å²) in [4.78, 5) is 1.80. The normalized spacial score (nSPS) is 12.0. The number of nitrogens with zero attached hydrogens (tertiary/aromatic N) is 1. The van der Waals surface area contributed by atoms with Crippen LogP contribution >= 0.6 is 11.3 Å². The minimum atomic E-state index is -3.60. The van der Waals surface area contributed by atoms with Crippen molar-refractivity contribution in [1.29, 1.82) is 0 Å². The van der Waals surface area contributed by atoms with Gasteiger partial charge in [0.2, 0.25) is 10.0 Å². The van der Waals surface area contributed by atoms with Crippen LogP contribution < -0.4 is 5.73 Å². The molecular weight excluding hydrogens is 311 g/mol. The van der Waals surface area contributed by atoms with Gasteiger partial charge in [-0.15, -0.1) is 11.3 Å². The van der Waals surface area contributed by atoms with Crippen LogP contribution in [-0.4, -0.2) is 19.8 Å². The molecule has 0 atom stereocenters. The van der Waals surface area contributed by atoms with Gasteiger partial charge in [-0.25, -0.2) is 12.8 Å². The second-order valence-corrected chi connectivity index (χ2v) is 8.08. The summed E-state index contributed by atoms with van der Waals surface area (Å²) in [7, 11) is -2.12. The summed E-state index contributed by atoms with van der Waals surface area (Å²) in [5.41, 5.74) is 6.16. The third kappa shape index (κ3) is 3.49. The van der Waals surface area contributed by atoms with Crippen LogP contribution in [0, 0.1) is 12.7 Å². The molecule has 0 saturated heterocycles. The molecule has 0 amide bonds. The Morgan fingerprint density at radius 2 is 2.05 bits per heavy atom. The van der Waals surface area contributed by atoms with Gasteiger partial charge in [-0.1, -0.05) is 12.1 Å². The van der Waals surface area contributed by atoms with Gasteiger partial charge in [0.25, 0.3) is 0 Å². The van der Waals surface area contributed by atoms with Crippen molar-refractivity contribution >= 4 is 21.4 Å². The summed E-state index contributed by atoms with van der Waals surface area (Å²) in [5, 5.41) is 0. The number of aryl methyl sites for hydroxylation is 1. The van der Waals surface area contributed by atoms with Gasteiger partial charge in [0.05, 0.1) is 4.90 Å². The molecular formula is C14H17FN2O2S2. The fraction of sp³-hybridized carbons (Fsp3) is 0.286. The average molecular weight is 328 g/mol. The Bertz CT molecular complexity index is 741. The molecule has 2 N–H and O–H groups in total. The Hall–Kier alpha value is -1.28. The minimum Gasteiger partial charge on any atom is -0.326 e. The van der Waals surface area contributed by atoms with Crippen LogP contribution in [0.5, 0.6) is 0 Å². The van der Waals surface area contributed by atoms with Crippen molar-refractivity contribution in [2.75, 3.05) is 7.05 Å². The molecule has 1 aromatic carbocycles. The summed E-state index contributed by atoms with van der Waals surface area (Å²) < 4.78 is 39.5. The van der Waals surface area contributed by atoms with Gasteiger partial charge in [-0.2, -0.15) is 4.31 Å². The maximum atomic E-state index is 13.2. The van der Waals surface area contributed by atoms with E-state index in [2.05, 4.69) is 0 Å². The van der Waals surface area contributed by atoms with Crippen molar-refractivity contribution in [3.8, 4) is 0 Å². The van der Waals surface area contributed by atoms with Crippen LogP contribution in [0.25, 0.3) is 0 Å². The van der Waals surface area contributed by atoms with E-state index in [9.17, 15) is 12.8 Å². The number of hydrogen-bond acceptors (Lipinski definition) is 4. The fourth-order valence-electron chi connectivity index (χ4n) is 2.03. The van der Waals surface area contributed by atoms with Gasteiger partial charge in [0, 0.05) is 29.9 Å². The molecule has 2 rings (SSSR count). The van der Waals surface area contributed by atoms with Crippen LogP contribution in [0.15, 0.2) is 35.2 Å². The first kappa shape index (κ1) is 16.1. The lowest BCUT2D eigenvalue weighted by Gasteiger charge is -2.17. The van der Waals surface area contributed by atoms with Crippen molar-refractivity contribution in [1.82, 2.24) is 4.31 Å². The zero-order valence-electron chi connectivity index (χ0n) is 11.8. The third-order valence-corrected chi connectivity index (χ3v) is 6.24. The molecule has 0 aliphatic rings. The smallest absolute Gasteiger partial charge is 0.244 e. The lowest BCUT2D eigenvalue weighted by molar-refractivity contribution is 0.465. The van der Waals surface area contributed by atoms with Crippen molar-refractivity contribution in [3.05, 3.63) is 51.5 Å². The van der Waals surface area contributed by atoms with Gasteiger partial charge in [0.1, 0.15) is 5.82 Å². The summed E-state index contributed by atoms with van der Waals surface area (Å²) in [6, 6.07) is 7.53. The summed E-state index contributed by atoms with van der Waals surface area (Å²) in [6.45, 7) is 2.19. The van der Waals surface area contributed by atoms with E-state index in [1.54, 1.807) is 25.1 Å². The second kappa shape index (κ2) is 6.23. The second-order valence-electron chi connectivity index (χ2n) is 4.73. The van der Waals surface area contributed by atoms with Crippen molar-refractivity contribution in [3.63, 3.8) is 0 Å². The monoisotopic (exact) mass is 328 g/mol. The van der Waals surface area contributed by atoms with E-state index in [0.29, 0.717) is 17.0 Å². The van der Waals surface area contributed by atoms with E-state index in [1.165, 1.54) is 34.8 Å². The predicted octanol–water partition coefficient (Wildman–Crippen LogP) is 2.48. The van der Waals surface area contributed by atoms with Crippen LogP contribution in [0.4, 0.5) is 4.39 Å². The van der Waals surface area contributed by atoms with E-state index in [4.69, 9.17) is 5.73 Å². The first-order valence-corrected chi connectivity index (χ1v) is 8.60. The van der Waals surface area contributed by atoms with Gasteiger partial charge >= 0.3 is 0 Å². The maximum Gasteiger partial charge on any atom is 0.244 e. The van der Waals surface area contributed by atoms with E-state index >= 15 is 0 Å². The summed E-state index contributed by atoms with van der Waals surface area (Å²) in [6.07, 6.45) is 0. The molecule has 0 saturated carbocycles.